The summed E-state index contributed by atoms with van der Waals surface area (Å²) in [6.07, 6.45) is -0.394. The quantitative estimate of drug-likeness (QED) is 0.436. The Kier molecular flexibility index (Phi) is 6.56. The van der Waals surface area contributed by atoms with Gasteiger partial charge in [-0.1, -0.05) is 48.5 Å². The zero-order chi connectivity index (χ0) is 19.9. The van der Waals surface area contributed by atoms with Crippen LogP contribution in [0.3, 0.4) is 0 Å². The van der Waals surface area contributed by atoms with E-state index in [-0.39, 0.29) is 18.9 Å². The number of nitrogens with one attached hydrogen (secondary N) is 1. The molecule has 2 aromatic carbocycles. The Morgan fingerprint density at radius 1 is 1.14 bits per heavy atom. The van der Waals surface area contributed by atoms with Crippen molar-refractivity contribution in [1.82, 2.24) is 5.32 Å². The highest BCUT2D eigenvalue weighted by atomic mass is 32.2. The van der Waals surface area contributed by atoms with Crippen molar-refractivity contribution in [2.45, 2.75) is 18.4 Å². The second-order valence-electron chi connectivity index (χ2n) is 6.27. The molecule has 1 N–H and O–H groups in total. The number of carbonyl (C=O) groups is 2. The number of rotatable bonds is 7. The number of hydrogen-bond acceptors (Lipinski definition) is 6. The number of ether oxygens (including phenoxy) is 2. The number of esters is 1. The molecule has 0 aliphatic heterocycles. The summed E-state index contributed by atoms with van der Waals surface area (Å²) in [5.41, 5.74) is 4.53. The zero-order valence-corrected chi connectivity index (χ0v) is 16.2. The molecule has 1 amide bonds. The van der Waals surface area contributed by atoms with Crippen LogP contribution in [0.25, 0.3) is 11.1 Å². The molecule has 0 saturated heterocycles. The van der Waals surface area contributed by atoms with Crippen LogP contribution in [0, 0.1) is 10.7 Å². The van der Waals surface area contributed by atoms with Crippen LogP contribution >= 0.6 is 11.8 Å². The van der Waals surface area contributed by atoms with Gasteiger partial charge in [0.1, 0.15) is 18.0 Å². The fourth-order valence-electron chi connectivity index (χ4n) is 3.40. The van der Waals surface area contributed by atoms with Gasteiger partial charge in [-0.05, 0) is 40.4 Å². The molecule has 0 saturated carbocycles. The molecular formula is C21H20N2O4S. The van der Waals surface area contributed by atoms with E-state index in [0.29, 0.717) is 5.75 Å². The molecule has 6 nitrogen and oxygen atoms in total. The maximum absolute atomic E-state index is 12.3. The first-order valence-electron chi connectivity index (χ1n) is 8.86. The Labute approximate surface area is 167 Å². The van der Waals surface area contributed by atoms with Crippen LogP contribution in [0.2, 0.25) is 0 Å². The van der Waals surface area contributed by atoms with Gasteiger partial charge in [-0.2, -0.15) is 5.26 Å². The largest absolute Gasteiger partial charge is 0.467 e. The molecule has 0 unspecified atom stereocenters. The number of nitriles is 1. The van der Waals surface area contributed by atoms with Gasteiger partial charge in [-0.25, -0.2) is 9.59 Å². The van der Waals surface area contributed by atoms with E-state index in [4.69, 9.17) is 14.7 Å². The number of benzene rings is 2. The van der Waals surface area contributed by atoms with E-state index in [0.717, 1.165) is 34.0 Å². The van der Waals surface area contributed by atoms with Crippen molar-refractivity contribution in [3.63, 3.8) is 0 Å². The molecule has 0 radical (unpaired) electrons. The molecule has 1 aliphatic carbocycles. The molecule has 0 spiro atoms. The second-order valence-corrected chi connectivity index (χ2v) is 7.15. The second kappa shape index (κ2) is 9.29. The lowest BCUT2D eigenvalue weighted by molar-refractivity contribution is -0.143. The molecule has 1 aliphatic rings. The van der Waals surface area contributed by atoms with E-state index in [2.05, 4.69) is 17.4 Å². The summed E-state index contributed by atoms with van der Waals surface area (Å²) in [5.74, 6) is -0.212. The number of amides is 1. The molecule has 144 valence electrons. The molecule has 2 aromatic rings. The van der Waals surface area contributed by atoms with Crippen molar-refractivity contribution in [2.75, 3.05) is 19.5 Å². The Hall–Kier alpha value is -2.98. The molecule has 28 heavy (non-hydrogen) atoms. The van der Waals surface area contributed by atoms with Gasteiger partial charge in [0.15, 0.2) is 0 Å². The van der Waals surface area contributed by atoms with Crippen molar-refractivity contribution in [2.24, 2.45) is 0 Å². The number of methoxy groups -OCH3 is 1. The third-order valence-electron chi connectivity index (χ3n) is 4.69. The van der Waals surface area contributed by atoms with Gasteiger partial charge in [0.05, 0.1) is 7.11 Å². The molecule has 0 aromatic heterocycles. The van der Waals surface area contributed by atoms with Crippen LogP contribution in [0.5, 0.6) is 0 Å². The van der Waals surface area contributed by atoms with Crippen molar-refractivity contribution in [3.05, 3.63) is 59.7 Å². The molecule has 3 rings (SSSR count). The molecular weight excluding hydrogens is 376 g/mol. The number of nitrogens with zero attached hydrogens (tertiary/aromatic N) is 1. The number of thiocyanates is 1. The predicted octanol–water partition coefficient (Wildman–Crippen LogP) is 3.67. The molecule has 0 heterocycles. The predicted molar refractivity (Wildman–Crippen MR) is 107 cm³/mol. The summed E-state index contributed by atoms with van der Waals surface area (Å²) in [4.78, 5) is 24.1. The summed E-state index contributed by atoms with van der Waals surface area (Å²) in [5, 5.41) is 13.1. The van der Waals surface area contributed by atoms with Gasteiger partial charge >= 0.3 is 12.1 Å². The molecule has 0 bridgehead atoms. The van der Waals surface area contributed by atoms with E-state index in [1.807, 2.05) is 41.8 Å². The molecule has 1 atom stereocenters. The number of hydrogen-bond donors (Lipinski definition) is 1. The highest BCUT2D eigenvalue weighted by Crippen LogP contribution is 2.44. The minimum atomic E-state index is -0.846. The first kappa shape index (κ1) is 19.8. The maximum atomic E-state index is 12.3. The van der Waals surface area contributed by atoms with Gasteiger partial charge in [-0.3, -0.25) is 0 Å². The number of fused-ring (bicyclic) bond motifs is 3. The third kappa shape index (κ3) is 4.29. The van der Waals surface area contributed by atoms with Crippen LogP contribution in [0.4, 0.5) is 4.79 Å². The van der Waals surface area contributed by atoms with Crippen LogP contribution in [0.15, 0.2) is 48.5 Å². The first-order chi connectivity index (χ1) is 13.7. The van der Waals surface area contributed by atoms with Gasteiger partial charge in [-0.15, -0.1) is 0 Å². The lowest BCUT2D eigenvalue weighted by Gasteiger charge is -2.18. The van der Waals surface area contributed by atoms with Crippen molar-refractivity contribution in [3.8, 4) is 16.5 Å². The van der Waals surface area contributed by atoms with Crippen LogP contribution in [-0.2, 0) is 14.3 Å². The van der Waals surface area contributed by atoms with E-state index >= 15 is 0 Å². The summed E-state index contributed by atoms with van der Waals surface area (Å²) in [6.45, 7) is 0.167. The van der Waals surface area contributed by atoms with E-state index < -0.39 is 18.1 Å². The lowest BCUT2D eigenvalue weighted by atomic mass is 9.98. The fourth-order valence-corrected chi connectivity index (χ4v) is 3.84. The fraction of sp³-hybridized carbons (Fsp3) is 0.286. The Morgan fingerprint density at radius 2 is 1.75 bits per heavy atom. The van der Waals surface area contributed by atoms with Crippen LogP contribution < -0.4 is 5.32 Å². The average Bonchev–Trinajstić information content (AvgIpc) is 3.05. The van der Waals surface area contributed by atoms with Crippen LogP contribution in [0.1, 0.15) is 23.5 Å². The SMILES string of the molecule is COC(=O)[C@H](CCSC#N)NC(=O)OCC1c2ccccc2-c2ccccc21. The summed E-state index contributed by atoms with van der Waals surface area (Å²) < 4.78 is 10.2. The zero-order valence-electron chi connectivity index (χ0n) is 15.4. The van der Waals surface area contributed by atoms with E-state index in [9.17, 15) is 9.59 Å². The molecule has 0 fully saturated rings. The normalized spacial score (nSPS) is 13.0. The van der Waals surface area contributed by atoms with E-state index in [1.165, 1.54) is 7.11 Å². The van der Waals surface area contributed by atoms with Crippen molar-refractivity contribution < 1.29 is 19.1 Å². The third-order valence-corrected chi connectivity index (χ3v) is 5.26. The topological polar surface area (TPSA) is 88.4 Å². The van der Waals surface area contributed by atoms with E-state index in [1.54, 1.807) is 0 Å². The van der Waals surface area contributed by atoms with Crippen LogP contribution in [-0.4, -0.2) is 37.6 Å². The van der Waals surface area contributed by atoms with Gasteiger partial charge in [0.25, 0.3) is 0 Å². The number of thioether (sulfide) groups is 1. The highest BCUT2D eigenvalue weighted by molar-refractivity contribution is 8.03. The first-order valence-corrected chi connectivity index (χ1v) is 9.84. The van der Waals surface area contributed by atoms with Gasteiger partial charge in [0, 0.05) is 11.7 Å². The minimum Gasteiger partial charge on any atom is -0.467 e. The number of alkyl carbamates (subject to hydrolysis) is 1. The monoisotopic (exact) mass is 396 g/mol. The standard InChI is InChI=1S/C21H20N2O4S/c1-26-20(24)19(10-11-28-13-22)23-21(25)27-12-18-16-8-4-2-6-14(16)15-7-3-5-9-17(15)18/h2-9,18-19H,10-12H2,1H3,(H,23,25)/t19-/m0/s1. The average molecular weight is 396 g/mol. The summed E-state index contributed by atoms with van der Waals surface area (Å²) >= 11 is 1.02. The minimum absolute atomic E-state index is 0.0520. The maximum Gasteiger partial charge on any atom is 0.407 e. The Morgan fingerprint density at radius 3 is 2.32 bits per heavy atom. The summed E-state index contributed by atoms with van der Waals surface area (Å²) in [6, 6.07) is 15.3. The Balaban J connectivity index is 1.65. The highest BCUT2D eigenvalue weighted by Gasteiger charge is 2.29. The number of carbonyl (C=O) groups excluding carboxylic acids is 2. The van der Waals surface area contributed by atoms with Gasteiger partial charge in [0.2, 0.25) is 0 Å². The van der Waals surface area contributed by atoms with Crippen molar-refractivity contribution in [1.29, 1.82) is 5.26 Å². The summed E-state index contributed by atoms with van der Waals surface area (Å²) in [7, 11) is 1.26. The van der Waals surface area contributed by atoms with Gasteiger partial charge < -0.3 is 14.8 Å². The smallest absolute Gasteiger partial charge is 0.407 e. The molecule has 7 heteroatoms. The van der Waals surface area contributed by atoms with Crippen molar-refractivity contribution >= 4 is 23.8 Å². The lowest BCUT2D eigenvalue weighted by Crippen LogP contribution is -2.42. The Bertz CT molecular complexity index is 864.